The van der Waals surface area contributed by atoms with Crippen LogP contribution in [-0.2, 0) is 0 Å². The predicted molar refractivity (Wildman–Crippen MR) is 83.2 cm³/mol. The average molecular weight is 339 g/mol. The van der Waals surface area contributed by atoms with Crippen molar-refractivity contribution in [1.29, 1.82) is 0 Å². The van der Waals surface area contributed by atoms with Crippen molar-refractivity contribution >= 4 is 34.0 Å². The molecule has 118 valence electrons. The molecular weight excluding hydrogens is 329 g/mol. The number of hydrogen-bond acceptors (Lipinski definition) is 3. The van der Waals surface area contributed by atoms with Gasteiger partial charge in [-0.25, -0.2) is 4.98 Å². The molecule has 3 rings (SSSR count). The Morgan fingerprint density at radius 3 is 2.39 bits per heavy atom. The molecule has 2 aromatic carbocycles. The maximum Gasteiger partial charge on any atom is 0.573 e. The molecule has 3 aromatic rings. The van der Waals surface area contributed by atoms with Gasteiger partial charge in [-0.15, -0.1) is 13.2 Å². The van der Waals surface area contributed by atoms with Crippen LogP contribution in [0, 0.1) is 0 Å². The largest absolute Gasteiger partial charge is 0.573 e. The van der Waals surface area contributed by atoms with Gasteiger partial charge in [-0.3, -0.25) is 0 Å². The highest BCUT2D eigenvalue weighted by atomic mass is 35.5. The number of aromatic nitrogens is 1. The number of anilines is 2. The molecule has 0 aliphatic rings. The third-order valence-electron chi connectivity index (χ3n) is 3.03. The smallest absolute Gasteiger partial charge is 0.406 e. The SMILES string of the molecule is FC(F)(F)Oc1ccc(Nc2ccc3cccc(Cl)c3n2)cc1. The van der Waals surface area contributed by atoms with Crippen molar-refractivity contribution < 1.29 is 17.9 Å². The summed E-state index contributed by atoms with van der Waals surface area (Å²) in [6.07, 6.45) is -4.70. The Hall–Kier alpha value is -2.47. The van der Waals surface area contributed by atoms with Gasteiger partial charge in [0.05, 0.1) is 10.5 Å². The van der Waals surface area contributed by atoms with Crippen molar-refractivity contribution in [2.24, 2.45) is 0 Å². The molecule has 7 heteroatoms. The van der Waals surface area contributed by atoms with Crippen LogP contribution in [-0.4, -0.2) is 11.3 Å². The number of hydrogen-bond donors (Lipinski definition) is 1. The first kappa shape index (κ1) is 15.4. The summed E-state index contributed by atoms with van der Waals surface area (Å²) in [7, 11) is 0. The molecule has 23 heavy (non-hydrogen) atoms. The van der Waals surface area contributed by atoms with E-state index >= 15 is 0 Å². The fraction of sp³-hybridized carbons (Fsp3) is 0.0625. The molecular formula is C16H10ClF3N2O. The first-order valence-corrected chi connectivity index (χ1v) is 6.97. The predicted octanol–water partition coefficient (Wildman–Crippen LogP) is 5.53. The number of nitrogens with zero attached hydrogens (tertiary/aromatic N) is 1. The standard InChI is InChI=1S/C16H10ClF3N2O/c17-13-3-1-2-10-4-9-14(22-15(10)13)21-11-5-7-12(8-6-11)23-16(18,19)20/h1-9H,(H,21,22). The summed E-state index contributed by atoms with van der Waals surface area (Å²) in [4.78, 5) is 4.40. The summed E-state index contributed by atoms with van der Waals surface area (Å²) >= 11 is 6.10. The van der Waals surface area contributed by atoms with Crippen LogP contribution in [0.2, 0.25) is 5.02 Å². The van der Waals surface area contributed by atoms with Crippen molar-refractivity contribution in [3.05, 3.63) is 59.6 Å². The van der Waals surface area contributed by atoms with Crippen LogP contribution in [0.4, 0.5) is 24.7 Å². The summed E-state index contributed by atoms with van der Waals surface area (Å²) in [5.74, 6) is 0.257. The van der Waals surface area contributed by atoms with Crippen molar-refractivity contribution in [2.75, 3.05) is 5.32 Å². The number of alkyl halides is 3. The van der Waals surface area contributed by atoms with Gasteiger partial charge in [0.25, 0.3) is 0 Å². The van der Waals surface area contributed by atoms with Gasteiger partial charge in [0.2, 0.25) is 0 Å². The second kappa shape index (κ2) is 5.96. The molecule has 0 atom stereocenters. The molecule has 0 fully saturated rings. The topological polar surface area (TPSA) is 34.1 Å². The zero-order valence-corrected chi connectivity index (χ0v) is 12.3. The molecule has 0 saturated heterocycles. The fourth-order valence-electron chi connectivity index (χ4n) is 2.07. The van der Waals surface area contributed by atoms with Crippen LogP contribution < -0.4 is 10.1 Å². The highest BCUT2D eigenvalue weighted by Gasteiger charge is 2.30. The maximum atomic E-state index is 12.1. The summed E-state index contributed by atoms with van der Waals surface area (Å²) < 4.78 is 40.2. The fourth-order valence-corrected chi connectivity index (χ4v) is 2.29. The summed E-state index contributed by atoms with van der Waals surface area (Å²) in [6.45, 7) is 0. The van der Waals surface area contributed by atoms with Crippen LogP contribution in [0.15, 0.2) is 54.6 Å². The van der Waals surface area contributed by atoms with E-state index in [0.29, 0.717) is 22.0 Å². The molecule has 0 spiro atoms. The Bertz CT molecular complexity index is 835. The maximum absolute atomic E-state index is 12.1. The molecule has 0 bridgehead atoms. The first-order chi connectivity index (χ1) is 10.9. The first-order valence-electron chi connectivity index (χ1n) is 6.59. The number of para-hydroxylation sites is 1. The Morgan fingerprint density at radius 1 is 0.957 bits per heavy atom. The van der Waals surface area contributed by atoms with Gasteiger partial charge in [0, 0.05) is 11.1 Å². The Kier molecular flexibility index (Phi) is 4.00. The molecule has 0 radical (unpaired) electrons. The molecule has 1 aromatic heterocycles. The molecule has 1 N–H and O–H groups in total. The molecule has 1 heterocycles. The highest BCUT2D eigenvalue weighted by molar-refractivity contribution is 6.35. The minimum atomic E-state index is -4.70. The number of halogens is 4. The van der Waals surface area contributed by atoms with E-state index in [-0.39, 0.29) is 5.75 Å². The van der Waals surface area contributed by atoms with E-state index in [9.17, 15) is 13.2 Å². The highest BCUT2D eigenvalue weighted by Crippen LogP contribution is 2.27. The van der Waals surface area contributed by atoms with E-state index in [4.69, 9.17) is 11.6 Å². The monoisotopic (exact) mass is 338 g/mol. The number of benzene rings is 2. The van der Waals surface area contributed by atoms with Crippen LogP contribution in [0.3, 0.4) is 0 Å². The minimum Gasteiger partial charge on any atom is -0.406 e. The van der Waals surface area contributed by atoms with Gasteiger partial charge in [0.1, 0.15) is 11.6 Å². The van der Waals surface area contributed by atoms with Gasteiger partial charge in [0.15, 0.2) is 0 Å². The Morgan fingerprint density at radius 2 is 1.70 bits per heavy atom. The van der Waals surface area contributed by atoms with E-state index < -0.39 is 6.36 Å². The lowest BCUT2D eigenvalue weighted by Crippen LogP contribution is -2.16. The second-order valence-corrected chi connectivity index (χ2v) is 5.11. The number of ether oxygens (including phenoxy) is 1. The molecule has 0 amide bonds. The van der Waals surface area contributed by atoms with Crippen LogP contribution >= 0.6 is 11.6 Å². The number of fused-ring (bicyclic) bond motifs is 1. The average Bonchev–Trinajstić information content (AvgIpc) is 2.49. The lowest BCUT2D eigenvalue weighted by molar-refractivity contribution is -0.274. The van der Waals surface area contributed by atoms with Gasteiger partial charge < -0.3 is 10.1 Å². The van der Waals surface area contributed by atoms with Gasteiger partial charge in [-0.2, -0.15) is 0 Å². The van der Waals surface area contributed by atoms with Crippen LogP contribution in [0.1, 0.15) is 0 Å². The zero-order chi connectivity index (χ0) is 16.4. The lowest BCUT2D eigenvalue weighted by Gasteiger charge is -2.10. The summed E-state index contributed by atoms with van der Waals surface area (Å²) in [5, 5.41) is 4.43. The van der Waals surface area contributed by atoms with E-state index in [0.717, 1.165) is 5.39 Å². The van der Waals surface area contributed by atoms with Gasteiger partial charge >= 0.3 is 6.36 Å². The second-order valence-electron chi connectivity index (χ2n) is 4.71. The van der Waals surface area contributed by atoms with E-state index in [2.05, 4.69) is 15.0 Å². The molecule has 0 saturated carbocycles. The van der Waals surface area contributed by atoms with Crippen molar-refractivity contribution in [2.45, 2.75) is 6.36 Å². The van der Waals surface area contributed by atoms with Gasteiger partial charge in [-0.1, -0.05) is 23.7 Å². The minimum absolute atomic E-state index is 0.280. The quantitative estimate of drug-likeness (QED) is 0.681. The van der Waals surface area contributed by atoms with Crippen molar-refractivity contribution in [3.8, 4) is 5.75 Å². The Labute approximate surface area is 134 Å². The Balaban J connectivity index is 1.80. The lowest BCUT2D eigenvalue weighted by atomic mass is 10.2. The van der Waals surface area contributed by atoms with Crippen molar-refractivity contribution in [3.63, 3.8) is 0 Å². The molecule has 0 aliphatic heterocycles. The molecule has 0 aliphatic carbocycles. The van der Waals surface area contributed by atoms with Crippen LogP contribution in [0.25, 0.3) is 10.9 Å². The molecule has 0 unspecified atom stereocenters. The number of rotatable bonds is 3. The van der Waals surface area contributed by atoms with E-state index in [1.54, 1.807) is 12.1 Å². The number of pyridine rings is 1. The van der Waals surface area contributed by atoms with Gasteiger partial charge in [-0.05, 0) is 42.5 Å². The normalized spacial score (nSPS) is 11.5. The summed E-state index contributed by atoms with van der Waals surface area (Å²) in [6, 6.07) is 14.5. The van der Waals surface area contributed by atoms with E-state index in [1.807, 2.05) is 18.2 Å². The third kappa shape index (κ3) is 3.84. The van der Waals surface area contributed by atoms with Crippen LogP contribution in [0.5, 0.6) is 5.75 Å². The number of nitrogens with one attached hydrogen (secondary N) is 1. The zero-order valence-electron chi connectivity index (χ0n) is 11.6. The van der Waals surface area contributed by atoms with Crippen molar-refractivity contribution in [1.82, 2.24) is 4.98 Å². The molecule has 3 nitrogen and oxygen atoms in total. The van der Waals surface area contributed by atoms with E-state index in [1.165, 1.54) is 24.3 Å². The summed E-state index contributed by atoms with van der Waals surface area (Å²) in [5.41, 5.74) is 1.23. The third-order valence-corrected chi connectivity index (χ3v) is 3.34.